The van der Waals surface area contributed by atoms with E-state index in [0.29, 0.717) is 12.0 Å². The monoisotopic (exact) mass is 450 g/mol. The van der Waals surface area contributed by atoms with Gasteiger partial charge < -0.3 is 31.9 Å². The lowest BCUT2D eigenvalue weighted by atomic mass is 10.0. The Balaban J connectivity index is 2.67. The van der Waals surface area contributed by atoms with Crippen molar-refractivity contribution in [3.63, 3.8) is 0 Å². The molecule has 0 aliphatic carbocycles. The summed E-state index contributed by atoms with van der Waals surface area (Å²) in [5.41, 5.74) is 6.46. The molecule has 0 saturated heterocycles. The van der Waals surface area contributed by atoms with Crippen LogP contribution in [0.15, 0.2) is 30.3 Å². The molecule has 0 fully saturated rings. The lowest BCUT2D eigenvalue weighted by Crippen LogP contribution is -2.54. The van der Waals surface area contributed by atoms with Crippen LogP contribution in [0.2, 0.25) is 0 Å². The van der Waals surface area contributed by atoms with Crippen molar-refractivity contribution in [1.29, 1.82) is 0 Å². The smallest absolute Gasteiger partial charge is 0.326 e. The van der Waals surface area contributed by atoms with Gasteiger partial charge in [0, 0.05) is 6.42 Å². The van der Waals surface area contributed by atoms with E-state index in [1.165, 1.54) is 0 Å². The van der Waals surface area contributed by atoms with Crippen LogP contribution in [0.5, 0.6) is 0 Å². The van der Waals surface area contributed by atoms with Gasteiger partial charge in [-0.05, 0) is 17.9 Å². The Morgan fingerprint density at radius 3 is 2.09 bits per heavy atom. The molecule has 1 aromatic carbocycles. The molecule has 11 heteroatoms. The Hall–Kier alpha value is -3.47. The first-order valence-corrected chi connectivity index (χ1v) is 10.1. The maximum Gasteiger partial charge on any atom is 0.326 e. The second-order valence-electron chi connectivity index (χ2n) is 7.76. The molecule has 0 spiro atoms. The van der Waals surface area contributed by atoms with Crippen LogP contribution in [0.3, 0.4) is 0 Å². The molecule has 3 amide bonds. The van der Waals surface area contributed by atoms with Gasteiger partial charge in [-0.1, -0.05) is 44.2 Å². The second-order valence-corrected chi connectivity index (χ2v) is 7.76. The molecule has 1 rings (SSSR count). The van der Waals surface area contributed by atoms with Gasteiger partial charge in [-0.25, -0.2) is 4.79 Å². The molecule has 0 aliphatic rings. The number of nitrogens with two attached hydrogens (primary N) is 1. The summed E-state index contributed by atoms with van der Waals surface area (Å²) in [5, 5.41) is 25.2. The van der Waals surface area contributed by atoms with Gasteiger partial charge in [0.2, 0.25) is 17.7 Å². The van der Waals surface area contributed by atoms with Crippen LogP contribution >= 0.6 is 0 Å². The quantitative estimate of drug-likeness (QED) is 0.226. The number of aliphatic carboxylic acids is 2. The topological polar surface area (TPSA) is 188 Å². The third-order valence-electron chi connectivity index (χ3n) is 4.41. The van der Waals surface area contributed by atoms with E-state index >= 15 is 0 Å². The summed E-state index contributed by atoms with van der Waals surface area (Å²) in [5.74, 6) is -4.83. The first kappa shape index (κ1) is 26.6. The van der Waals surface area contributed by atoms with Crippen LogP contribution in [0.4, 0.5) is 0 Å². The third kappa shape index (κ3) is 10.0. The molecule has 0 aromatic heterocycles. The predicted molar refractivity (Wildman–Crippen MR) is 114 cm³/mol. The van der Waals surface area contributed by atoms with Gasteiger partial charge in [0.25, 0.3) is 0 Å². The highest BCUT2D eigenvalue weighted by Crippen LogP contribution is 2.05. The summed E-state index contributed by atoms with van der Waals surface area (Å²) in [6, 6.07) is 5.10. The number of hydrogen-bond acceptors (Lipinski definition) is 6. The standard InChI is InChI=1S/C21H30N4O7/c1-12(2)8-14(22)19(29)25-15(10-18(27)28)20(30)23-11-17(26)24-16(21(31)32)9-13-6-4-3-5-7-13/h3-7,12,14-16H,8-11,22H2,1-2H3,(H,23,30)(H,24,26)(H,25,29)(H,27,28)(H,31,32). The van der Waals surface area contributed by atoms with Crippen molar-refractivity contribution in [2.45, 2.75) is 51.2 Å². The highest BCUT2D eigenvalue weighted by atomic mass is 16.4. The Kier molecular flexibility index (Phi) is 10.8. The molecule has 32 heavy (non-hydrogen) atoms. The van der Waals surface area contributed by atoms with E-state index in [2.05, 4.69) is 16.0 Å². The fourth-order valence-electron chi connectivity index (χ4n) is 2.86. The molecule has 0 heterocycles. The Bertz CT molecular complexity index is 814. The fraction of sp³-hybridized carbons (Fsp3) is 0.476. The average Bonchev–Trinajstić information content (AvgIpc) is 2.70. The largest absolute Gasteiger partial charge is 0.481 e. The molecular formula is C21H30N4O7. The highest BCUT2D eigenvalue weighted by molar-refractivity contribution is 5.94. The van der Waals surface area contributed by atoms with E-state index in [4.69, 9.17) is 10.8 Å². The van der Waals surface area contributed by atoms with Crippen molar-refractivity contribution in [2.24, 2.45) is 11.7 Å². The second kappa shape index (κ2) is 13.1. The van der Waals surface area contributed by atoms with Crippen molar-refractivity contribution in [3.8, 4) is 0 Å². The van der Waals surface area contributed by atoms with Crippen molar-refractivity contribution in [1.82, 2.24) is 16.0 Å². The Morgan fingerprint density at radius 1 is 0.938 bits per heavy atom. The van der Waals surface area contributed by atoms with Gasteiger partial charge in [-0.15, -0.1) is 0 Å². The first-order chi connectivity index (χ1) is 15.0. The van der Waals surface area contributed by atoms with Gasteiger partial charge in [-0.3, -0.25) is 19.2 Å². The van der Waals surface area contributed by atoms with E-state index in [1.807, 2.05) is 13.8 Å². The number of amides is 3. The van der Waals surface area contributed by atoms with Gasteiger partial charge >= 0.3 is 11.9 Å². The summed E-state index contributed by atoms with van der Waals surface area (Å²) >= 11 is 0. The molecule has 7 N–H and O–H groups in total. The molecule has 0 bridgehead atoms. The van der Waals surface area contributed by atoms with Crippen LogP contribution in [0, 0.1) is 5.92 Å². The van der Waals surface area contributed by atoms with Crippen LogP contribution in [-0.4, -0.2) is 64.5 Å². The zero-order valence-corrected chi connectivity index (χ0v) is 18.0. The van der Waals surface area contributed by atoms with E-state index < -0.39 is 60.8 Å². The molecule has 0 aliphatic heterocycles. The Labute approximate surface area is 185 Å². The maximum absolute atomic E-state index is 12.3. The molecule has 11 nitrogen and oxygen atoms in total. The number of rotatable bonds is 13. The summed E-state index contributed by atoms with van der Waals surface area (Å²) in [6.45, 7) is 3.12. The SMILES string of the molecule is CC(C)CC(N)C(=O)NC(CC(=O)O)C(=O)NCC(=O)NC(Cc1ccccc1)C(=O)O. The minimum Gasteiger partial charge on any atom is -0.481 e. The molecular weight excluding hydrogens is 420 g/mol. The van der Waals surface area contributed by atoms with Crippen molar-refractivity contribution in [3.05, 3.63) is 35.9 Å². The van der Waals surface area contributed by atoms with Crippen LogP contribution in [0.1, 0.15) is 32.3 Å². The predicted octanol–water partition coefficient (Wildman–Crippen LogP) is -0.752. The minimum atomic E-state index is -1.44. The molecule has 3 unspecified atom stereocenters. The number of carboxylic acids is 2. The lowest BCUT2D eigenvalue weighted by molar-refractivity contribution is -0.142. The molecule has 0 saturated carbocycles. The Morgan fingerprint density at radius 2 is 1.56 bits per heavy atom. The maximum atomic E-state index is 12.3. The first-order valence-electron chi connectivity index (χ1n) is 10.1. The molecule has 1 aromatic rings. The van der Waals surface area contributed by atoms with Gasteiger partial charge in [0.15, 0.2) is 0 Å². The van der Waals surface area contributed by atoms with E-state index in [0.717, 1.165) is 0 Å². The summed E-state index contributed by atoms with van der Waals surface area (Å²) in [6.07, 6.45) is -0.325. The summed E-state index contributed by atoms with van der Waals surface area (Å²) in [7, 11) is 0. The van der Waals surface area contributed by atoms with Crippen molar-refractivity contribution >= 4 is 29.7 Å². The number of nitrogens with one attached hydrogen (secondary N) is 3. The van der Waals surface area contributed by atoms with Gasteiger partial charge in [0.05, 0.1) is 19.0 Å². The molecule has 176 valence electrons. The number of benzene rings is 1. The van der Waals surface area contributed by atoms with Gasteiger partial charge in [0.1, 0.15) is 12.1 Å². The van der Waals surface area contributed by atoms with Crippen molar-refractivity contribution in [2.75, 3.05) is 6.54 Å². The average molecular weight is 450 g/mol. The number of carbonyl (C=O) groups excluding carboxylic acids is 3. The number of carboxylic acid groups (broad SMARTS) is 2. The number of carbonyl (C=O) groups is 5. The zero-order chi connectivity index (χ0) is 24.3. The fourth-order valence-corrected chi connectivity index (χ4v) is 2.86. The van der Waals surface area contributed by atoms with Gasteiger partial charge in [-0.2, -0.15) is 0 Å². The van der Waals surface area contributed by atoms with E-state index in [1.54, 1.807) is 30.3 Å². The molecule has 3 atom stereocenters. The lowest BCUT2D eigenvalue weighted by Gasteiger charge is -2.20. The van der Waals surface area contributed by atoms with Crippen LogP contribution in [0.25, 0.3) is 0 Å². The third-order valence-corrected chi connectivity index (χ3v) is 4.41. The van der Waals surface area contributed by atoms with Crippen LogP contribution in [-0.2, 0) is 30.4 Å². The van der Waals surface area contributed by atoms with E-state index in [9.17, 15) is 29.1 Å². The zero-order valence-electron chi connectivity index (χ0n) is 18.0. The van der Waals surface area contributed by atoms with E-state index in [-0.39, 0.29) is 12.3 Å². The number of hydrogen-bond donors (Lipinski definition) is 6. The summed E-state index contributed by atoms with van der Waals surface area (Å²) in [4.78, 5) is 59.1. The highest BCUT2D eigenvalue weighted by Gasteiger charge is 2.27. The molecule has 0 radical (unpaired) electrons. The minimum absolute atomic E-state index is 0.0430. The summed E-state index contributed by atoms with van der Waals surface area (Å²) < 4.78 is 0. The van der Waals surface area contributed by atoms with Crippen molar-refractivity contribution < 1.29 is 34.2 Å². The van der Waals surface area contributed by atoms with Crippen LogP contribution < -0.4 is 21.7 Å². The normalized spacial score (nSPS) is 13.5.